The van der Waals surface area contributed by atoms with Crippen LogP contribution < -0.4 is 4.74 Å². The Morgan fingerprint density at radius 2 is 2.00 bits per heavy atom. The zero-order valence-electron chi connectivity index (χ0n) is 12.5. The number of nitrogens with zero attached hydrogens (tertiary/aromatic N) is 3. The third-order valence-electron chi connectivity index (χ3n) is 3.15. The van der Waals surface area contributed by atoms with Gasteiger partial charge in [0.05, 0.1) is 17.9 Å². The summed E-state index contributed by atoms with van der Waals surface area (Å²) in [5, 5.41) is 7.76. The van der Waals surface area contributed by atoms with E-state index in [1.54, 1.807) is 17.9 Å². The number of halogens is 3. The molecule has 120 valence electrons. The molecule has 0 unspecified atom stereocenters. The minimum atomic E-state index is -4.36. The highest BCUT2D eigenvalue weighted by Crippen LogP contribution is 2.33. The summed E-state index contributed by atoms with van der Waals surface area (Å²) in [4.78, 5) is 0. The predicted octanol–water partition coefficient (Wildman–Crippen LogP) is 3.41. The molecule has 0 bridgehead atoms. The van der Waals surface area contributed by atoms with Crippen molar-refractivity contribution >= 4 is 0 Å². The van der Waals surface area contributed by atoms with Gasteiger partial charge >= 0.3 is 6.18 Å². The standard InChI is InChI=1S/C15H18F3N3O/c1-3-8-22-14-7-5-12(15(16,17)18)9-11(14)4-6-13-10-21(2)20-19-13/h5,7,9-10H,3-4,6,8H2,1-2H3. The van der Waals surface area contributed by atoms with Crippen LogP contribution in [0.2, 0.25) is 0 Å². The molecule has 0 aliphatic heterocycles. The Kier molecular flexibility index (Phi) is 5.05. The molecule has 0 aliphatic carbocycles. The largest absolute Gasteiger partial charge is 0.493 e. The fraction of sp³-hybridized carbons (Fsp3) is 0.467. The van der Waals surface area contributed by atoms with Gasteiger partial charge in [0.1, 0.15) is 5.75 Å². The minimum absolute atomic E-state index is 0.418. The molecule has 1 aromatic carbocycles. The number of aryl methyl sites for hydroxylation is 3. The third kappa shape index (κ3) is 4.22. The summed E-state index contributed by atoms with van der Waals surface area (Å²) in [6, 6.07) is 3.60. The molecule has 7 heteroatoms. The molecule has 0 amide bonds. The molecule has 2 rings (SSSR count). The highest BCUT2D eigenvalue weighted by Gasteiger charge is 2.31. The molecule has 1 heterocycles. The smallest absolute Gasteiger partial charge is 0.416 e. The Morgan fingerprint density at radius 1 is 1.23 bits per heavy atom. The van der Waals surface area contributed by atoms with Crippen molar-refractivity contribution in [2.24, 2.45) is 7.05 Å². The number of rotatable bonds is 6. The van der Waals surface area contributed by atoms with Crippen LogP contribution in [0.4, 0.5) is 13.2 Å². The van der Waals surface area contributed by atoms with E-state index in [1.165, 1.54) is 6.07 Å². The van der Waals surface area contributed by atoms with Crippen molar-refractivity contribution in [2.45, 2.75) is 32.4 Å². The number of benzene rings is 1. The van der Waals surface area contributed by atoms with Crippen molar-refractivity contribution in [3.05, 3.63) is 41.2 Å². The van der Waals surface area contributed by atoms with Gasteiger partial charge in [-0.15, -0.1) is 5.10 Å². The van der Waals surface area contributed by atoms with E-state index in [0.29, 0.717) is 30.8 Å². The van der Waals surface area contributed by atoms with Crippen LogP contribution in [-0.2, 0) is 26.1 Å². The Balaban J connectivity index is 2.20. The van der Waals surface area contributed by atoms with Gasteiger partial charge in [0.2, 0.25) is 0 Å². The quantitative estimate of drug-likeness (QED) is 0.820. The van der Waals surface area contributed by atoms with Gasteiger partial charge in [-0.2, -0.15) is 13.2 Å². The monoisotopic (exact) mass is 313 g/mol. The maximum atomic E-state index is 12.9. The fourth-order valence-corrected chi connectivity index (χ4v) is 2.08. The average Bonchev–Trinajstić information content (AvgIpc) is 2.88. The molecule has 0 saturated heterocycles. The second kappa shape index (κ2) is 6.81. The lowest BCUT2D eigenvalue weighted by molar-refractivity contribution is -0.137. The summed E-state index contributed by atoms with van der Waals surface area (Å²) in [5.74, 6) is 0.499. The van der Waals surface area contributed by atoms with Crippen LogP contribution in [0.5, 0.6) is 5.75 Å². The number of hydrogen-bond acceptors (Lipinski definition) is 3. The molecular formula is C15H18F3N3O. The molecule has 2 aromatic rings. The van der Waals surface area contributed by atoms with Crippen LogP contribution in [0.3, 0.4) is 0 Å². The van der Waals surface area contributed by atoms with Crippen molar-refractivity contribution in [1.29, 1.82) is 0 Å². The lowest BCUT2D eigenvalue weighted by Crippen LogP contribution is -2.08. The van der Waals surface area contributed by atoms with Crippen LogP contribution in [0.25, 0.3) is 0 Å². The van der Waals surface area contributed by atoms with Gasteiger partial charge in [-0.05, 0) is 43.0 Å². The molecule has 0 saturated carbocycles. The second-order valence-corrected chi connectivity index (χ2v) is 5.05. The van der Waals surface area contributed by atoms with Crippen molar-refractivity contribution in [3.8, 4) is 5.75 Å². The molecule has 0 radical (unpaired) electrons. The van der Waals surface area contributed by atoms with Crippen LogP contribution in [0.1, 0.15) is 30.2 Å². The van der Waals surface area contributed by atoms with Gasteiger partial charge < -0.3 is 4.74 Å². The van der Waals surface area contributed by atoms with Crippen molar-refractivity contribution in [2.75, 3.05) is 6.61 Å². The maximum absolute atomic E-state index is 12.9. The van der Waals surface area contributed by atoms with Crippen LogP contribution in [0, 0.1) is 0 Å². The van der Waals surface area contributed by atoms with Crippen LogP contribution in [0.15, 0.2) is 24.4 Å². The molecule has 1 aromatic heterocycles. The molecule has 4 nitrogen and oxygen atoms in total. The van der Waals surface area contributed by atoms with Crippen molar-refractivity contribution < 1.29 is 17.9 Å². The van der Waals surface area contributed by atoms with Gasteiger partial charge in [-0.25, -0.2) is 0 Å². The molecule has 0 fully saturated rings. The highest BCUT2D eigenvalue weighted by molar-refractivity contribution is 5.39. The molecule has 0 spiro atoms. The summed E-state index contributed by atoms with van der Waals surface area (Å²) in [7, 11) is 1.75. The first kappa shape index (κ1) is 16.3. The Bertz CT molecular complexity index is 623. The Hall–Kier alpha value is -2.05. The van der Waals surface area contributed by atoms with E-state index in [1.807, 2.05) is 6.92 Å². The summed E-state index contributed by atoms with van der Waals surface area (Å²) >= 11 is 0. The number of alkyl halides is 3. The van der Waals surface area contributed by atoms with Crippen molar-refractivity contribution in [1.82, 2.24) is 15.0 Å². The van der Waals surface area contributed by atoms with E-state index in [2.05, 4.69) is 10.3 Å². The molecule has 0 N–H and O–H groups in total. The van der Waals surface area contributed by atoms with E-state index < -0.39 is 11.7 Å². The topological polar surface area (TPSA) is 39.9 Å². The van der Waals surface area contributed by atoms with Gasteiger partial charge in [-0.3, -0.25) is 4.68 Å². The first-order chi connectivity index (χ1) is 10.4. The average molecular weight is 313 g/mol. The maximum Gasteiger partial charge on any atom is 0.416 e. The SMILES string of the molecule is CCCOc1ccc(C(F)(F)F)cc1CCc1cn(C)nn1. The first-order valence-corrected chi connectivity index (χ1v) is 7.08. The summed E-state index contributed by atoms with van der Waals surface area (Å²) < 4.78 is 45.7. The van der Waals surface area contributed by atoms with Crippen molar-refractivity contribution in [3.63, 3.8) is 0 Å². The van der Waals surface area contributed by atoms with Crippen LogP contribution in [-0.4, -0.2) is 21.6 Å². The zero-order valence-corrected chi connectivity index (χ0v) is 12.5. The van der Waals surface area contributed by atoms with E-state index in [4.69, 9.17) is 4.74 Å². The van der Waals surface area contributed by atoms with Gasteiger partial charge in [0, 0.05) is 13.2 Å². The number of ether oxygens (including phenoxy) is 1. The number of hydrogen-bond donors (Lipinski definition) is 0. The van der Waals surface area contributed by atoms with Gasteiger partial charge in [0.15, 0.2) is 0 Å². The molecule has 22 heavy (non-hydrogen) atoms. The molecular weight excluding hydrogens is 295 g/mol. The molecule has 0 atom stereocenters. The molecule has 0 aliphatic rings. The third-order valence-corrected chi connectivity index (χ3v) is 3.15. The summed E-state index contributed by atoms with van der Waals surface area (Å²) in [5.41, 5.74) is 0.612. The Labute approximate surface area is 126 Å². The zero-order chi connectivity index (χ0) is 16.2. The lowest BCUT2D eigenvalue weighted by atomic mass is 10.0. The number of aromatic nitrogens is 3. The van der Waals surface area contributed by atoms with E-state index in [9.17, 15) is 13.2 Å². The highest BCUT2D eigenvalue weighted by atomic mass is 19.4. The van der Waals surface area contributed by atoms with E-state index in [-0.39, 0.29) is 0 Å². The minimum Gasteiger partial charge on any atom is -0.493 e. The van der Waals surface area contributed by atoms with Gasteiger partial charge in [-0.1, -0.05) is 12.1 Å². The van der Waals surface area contributed by atoms with Gasteiger partial charge in [0.25, 0.3) is 0 Å². The fourth-order valence-electron chi connectivity index (χ4n) is 2.08. The van der Waals surface area contributed by atoms with E-state index >= 15 is 0 Å². The summed E-state index contributed by atoms with van der Waals surface area (Å²) in [6.07, 6.45) is -0.880. The first-order valence-electron chi connectivity index (χ1n) is 7.08. The lowest BCUT2D eigenvalue weighted by Gasteiger charge is -2.14. The van der Waals surface area contributed by atoms with Crippen LogP contribution >= 0.6 is 0 Å². The second-order valence-electron chi connectivity index (χ2n) is 5.05. The normalized spacial score (nSPS) is 11.7. The predicted molar refractivity (Wildman–Crippen MR) is 75.6 cm³/mol. The summed E-state index contributed by atoms with van der Waals surface area (Å²) in [6.45, 7) is 2.42. The van der Waals surface area contributed by atoms with E-state index in [0.717, 1.165) is 24.2 Å². The Morgan fingerprint density at radius 3 is 2.59 bits per heavy atom.